The first kappa shape index (κ1) is 32.2. The molecule has 0 spiro atoms. The predicted molar refractivity (Wildman–Crippen MR) is 150 cm³/mol. The van der Waals surface area contributed by atoms with E-state index in [4.69, 9.17) is 0 Å². The van der Waals surface area contributed by atoms with Gasteiger partial charge in [0.2, 0.25) is 0 Å². The Morgan fingerprint density at radius 3 is 0.743 bits per heavy atom. The summed E-state index contributed by atoms with van der Waals surface area (Å²) in [6.07, 6.45) is 0. The van der Waals surface area contributed by atoms with Gasteiger partial charge >= 0.3 is 29.6 Å². The molecule has 35 heavy (non-hydrogen) atoms. The molecular formula is C30H31NaO3S. The molecule has 0 bridgehead atoms. The fraction of sp³-hybridized carbons (Fsp3) is 0.100. The summed E-state index contributed by atoms with van der Waals surface area (Å²) < 4.78 is 0. The number of Topliss-reactive ketones (excluding diaryl/α,β-unsaturated/α-hetero) is 3. The van der Waals surface area contributed by atoms with E-state index in [1.807, 2.05) is 121 Å². The molecule has 5 heteroatoms. The number of carbonyl (C=O) groups excluding carboxylic acids is 3. The molecule has 0 N–H and O–H groups in total. The van der Waals surface area contributed by atoms with Crippen molar-refractivity contribution in [1.29, 1.82) is 0 Å². The van der Waals surface area contributed by atoms with Crippen molar-refractivity contribution in [2.45, 2.75) is 25.7 Å². The summed E-state index contributed by atoms with van der Waals surface area (Å²) in [5.74, 6) is 0.363. The van der Waals surface area contributed by atoms with Gasteiger partial charge in [-0.1, -0.05) is 109 Å². The number of thiol groups is 1. The van der Waals surface area contributed by atoms with Crippen molar-refractivity contribution in [1.82, 2.24) is 0 Å². The van der Waals surface area contributed by atoms with Crippen molar-refractivity contribution in [2.75, 3.05) is 0 Å². The molecule has 0 saturated carbocycles. The SMILES string of the molecule is CC(=O)c1ccccc1.CC(=O)c1ccccc1.CC(=O)c1ccccc1.Sc1ccccc1.[NaH]. The molecule has 4 aromatic rings. The van der Waals surface area contributed by atoms with E-state index in [0.717, 1.165) is 21.6 Å². The Kier molecular flexibility index (Phi) is 18.0. The molecule has 0 aliphatic rings. The summed E-state index contributed by atoms with van der Waals surface area (Å²) in [5.41, 5.74) is 2.33. The van der Waals surface area contributed by atoms with Gasteiger partial charge < -0.3 is 0 Å². The molecule has 0 atom stereocenters. The fourth-order valence-corrected chi connectivity index (χ4v) is 2.62. The molecule has 0 radical (unpaired) electrons. The number of hydrogen-bond donors (Lipinski definition) is 1. The Labute approximate surface area is 236 Å². The van der Waals surface area contributed by atoms with Crippen LogP contribution in [-0.2, 0) is 0 Å². The van der Waals surface area contributed by atoms with E-state index in [9.17, 15) is 14.4 Å². The maximum atomic E-state index is 10.6. The van der Waals surface area contributed by atoms with Crippen molar-refractivity contribution in [3.05, 3.63) is 138 Å². The van der Waals surface area contributed by atoms with Crippen molar-refractivity contribution < 1.29 is 14.4 Å². The average molecular weight is 495 g/mol. The van der Waals surface area contributed by atoms with E-state index in [-0.39, 0.29) is 46.9 Å². The van der Waals surface area contributed by atoms with Gasteiger partial charge in [0.15, 0.2) is 17.3 Å². The maximum absolute atomic E-state index is 10.6. The molecule has 176 valence electrons. The van der Waals surface area contributed by atoms with Gasteiger partial charge in [-0.05, 0) is 32.9 Å². The van der Waals surface area contributed by atoms with E-state index in [2.05, 4.69) is 12.6 Å². The zero-order chi connectivity index (χ0) is 25.2. The minimum absolute atomic E-state index is 0. The molecule has 0 aromatic heterocycles. The third-order valence-electron chi connectivity index (χ3n) is 4.30. The van der Waals surface area contributed by atoms with E-state index in [1.54, 1.807) is 20.8 Å². The normalized spacial score (nSPS) is 8.69. The van der Waals surface area contributed by atoms with Gasteiger partial charge in [-0.25, -0.2) is 0 Å². The Morgan fingerprint density at radius 1 is 0.429 bits per heavy atom. The molecule has 0 unspecified atom stereocenters. The molecule has 0 fully saturated rings. The van der Waals surface area contributed by atoms with Gasteiger partial charge in [-0.3, -0.25) is 14.4 Å². The molecule has 0 aliphatic heterocycles. The second-order valence-electron chi connectivity index (χ2n) is 7.10. The molecule has 0 amide bonds. The van der Waals surface area contributed by atoms with Gasteiger partial charge in [-0.15, -0.1) is 12.6 Å². The van der Waals surface area contributed by atoms with Crippen LogP contribution in [0.25, 0.3) is 0 Å². The Bertz CT molecular complexity index is 1000. The monoisotopic (exact) mass is 494 g/mol. The number of rotatable bonds is 3. The first-order valence-corrected chi connectivity index (χ1v) is 11.2. The number of benzene rings is 4. The third-order valence-corrected chi connectivity index (χ3v) is 4.60. The molecule has 4 rings (SSSR count). The molecule has 0 saturated heterocycles. The zero-order valence-electron chi connectivity index (χ0n) is 19.7. The molecule has 3 nitrogen and oxygen atoms in total. The van der Waals surface area contributed by atoms with Crippen LogP contribution in [0, 0.1) is 0 Å². The topological polar surface area (TPSA) is 51.2 Å². The van der Waals surface area contributed by atoms with Crippen LogP contribution in [0.15, 0.2) is 126 Å². The van der Waals surface area contributed by atoms with Crippen molar-refractivity contribution >= 4 is 59.5 Å². The Balaban J connectivity index is 0.000000438. The van der Waals surface area contributed by atoms with Crippen molar-refractivity contribution in [3.63, 3.8) is 0 Å². The number of carbonyl (C=O) groups is 3. The van der Waals surface area contributed by atoms with Gasteiger partial charge in [0, 0.05) is 21.6 Å². The van der Waals surface area contributed by atoms with Crippen LogP contribution < -0.4 is 0 Å². The van der Waals surface area contributed by atoms with Crippen LogP contribution in [0.5, 0.6) is 0 Å². The van der Waals surface area contributed by atoms with Gasteiger partial charge in [0.25, 0.3) is 0 Å². The first-order chi connectivity index (χ1) is 16.3. The number of ketones is 3. The van der Waals surface area contributed by atoms with E-state index in [1.165, 1.54) is 0 Å². The van der Waals surface area contributed by atoms with Crippen LogP contribution in [0.1, 0.15) is 51.8 Å². The summed E-state index contributed by atoms with van der Waals surface area (Å²) in [7, 11) is 0. The fourth-order valence-electron chi connectivity index (χ4n) is 2.45. The van der Waals surface area contributed by atoms with Gasteiger partial charge in [-0.2, -0.15) is 0 Å². The van der Waals surface area contributed by atoms with E-state index in [0.29, 0.717) is 0 Å². The zero-order valence-corrected chi connectivity index (χ0v) is 20.6. The molecule has 0 aliphatic carbocycles. The average Bonchev–Trinajstić information content (AvgIpc) is 2.87. The van der Waals surface area contributed by atoms with Crippen LogP contribution in [-0.4, -0.2) is 46.9 Å². The standard InChI is InChI=1S/3C8H8O.C6H6S.Na.H/c3*1-7(9)8-5-3-2-4-6-8;7-6-4-2-1-3-5-6;;/h3*2-6H,1H3;1-5,7H;;. The summed E-state index contributed by atoms with van der Waals surface area (Å²) in [6.45, 7) is 4.69. The van der Waals surface area contributed by atoms with Crippen LogP contribution >= 0.6 is 12.6 Å². The summed E-state index contributed by atoms with van der Waals surface area (Å²) in [5, 5.41) is 0. The quantitative estimate of drug-likeness (QED) is 0.190. The Morgan fingerprint density at radius 2 is 0.629 bits per heavy atom. The predicted octanol–water partition coefficient (Wildman–Crippen LogP) is 6.99. The molecule has 4 aromatic carbocycles. The third kappa shape index (κ3) is 15.7. The summed E-state index contributed by atoms with van der Waals surface area (Å²) in [6, 6.07) is 37.5. The van der Waals surface area contributed by atoms with Gasteiger partial charge in [0.05, 0.1) is 0 Å². The second kappa shape index (κ2) is 19.5. The Hall–Kier alpha value is -2.76. The second-order valence-corrected chi connectivity index (χ2v) is 7.62. The van der Waals surface area contributed by atoms with Crippen LogP contribution in [0.2, 0.25) is 0 Å². The van der Waals surface area contributed by atoms with E-state index >= 15 is 0 Å². The van der Waals surface area contributed by atoms with Crippen LogP contribution in [0.4, 0.5) is 0 Å². The first-order valence-electron chi connectivity index (χ1n) is 10.7. The van der Waals surface area contributed by atoms with E-state index < -0.39 is 0 Å². The molecular weight excluding hydrogens is 463 g/mol. The summed E-state index contributed by atoms with van der Waals surface area (Å²) >= 11 is 4.08. The number of hydrogen-bond acceptors (Lipinski definition) is 4. The van der Waals surface area contributed by atoms with Crippen LogP contribution in [0.3, 0.4) is 0 Å². The van der Waals surface area contributed by atoms with Crippen molar-refractivity contribution in [3.8, 4) is 0 Å². The summed E-state index contributed by atoms with van der Waals surface area (Å²) in [4.78, 5) is 33.0. The van der Waals surface area contributed by atoms with Crippen molar-refractivity contribution in [2.24, 2.45) is 0 Å². The van der Waals surface area contributed by atoms with Gasteiger partial charge in [0.1, 0.15) is 0 Å². The minimum atomic E-state index is 0. The molecule has 0 heterocycles.